The molecule has 0 unspecified atom stereocenters. The molecule has 0 saturated heterocycles. The number of carbonyl (C=O) groups is 2. The summed E-state index contributed by atoms with van der Waals surface area (Å²) in [5.74, 6) is 0.529. The van der Waals surface area contributed by atoms with Gasteiger partial charge in [0, 0.05) is 0 Å². The van der Waals surface area contributed by atoms with Crippen molar-refractivity contribution in [3.05, 3.63) is 52.1 Å². The molecule has 1 aromatic carbocycles. The third kappa shape index (κ3) is 3.41. The molecule has 0 N–H and O–H groups in total. The normalized spacial score (nSPS) is 13.2. The maximum Gasteiger partial charge on any atom is 0.338 e. The fraction of sp³-hybridized carbons (Fsp3) is 0.235. The number of anilines is 1. The van der Waals surface area contributed by atoms with Crippen LogP contribution >= 0.6 is 15.9 Å². The van der Waals surface area contributed by atoms with E-state index in [1.54, 1.807) is 48.2 Å². The quantitative estimate of drug-likeness (QED) is 0.592. The predicted octanol–water partition coefficient (Wildman–Crippen LogP) is 2.95. The summed E-state index contributed by atoms with van der Waals surface area (Å²) in [5.41, 5.74) is 1.36. The van der Waals surface area contributed by atoms with Crippen LogP contribution < -0.4 is 9.64 Å². The Morgan fingerprint density at radius 1 is 1.29 bits per heavy atom. The summed E-state index contributed by atoms with van der Waals surface area (Å²) in [4.78, 5) is 29.8. The number of nitrogens with zero attached hydrogens (tertiary/aromatic N) is 2. The molecule has 0 fully saturated rings. The van der Waals surface area contributed by atoms with E-state index in [1.807, 2.05) is 0 Å². The molecule has 124 valence electrons. The zero-order valence-corrected chi connectivity index (χ0v) is 14.6. The van der Waals surface area contributed by atoms with E-state index in [0.717, 1.165) is 5.56 Å². The van der Waals surface area contributed by atoms with E-state index in [0.29, 0.717) is 34.9 Å². The molecule has 0 atom stereocenters. The second kappa shape index (κ2) is 7.00. The van der Waals surface area contributed by atoms with Crippen LogP contribution in [0.4, 0.5) is 5.82 Å². The van der Waals surface area contributed by atoms with Gasteiger partial charge in [0.15, 0.2) is 18.2 Å². The van der Waals surface area contributed by atoms with Crippen LogP contribution in [0.1, 0.15) is 22.8 Å². The zero-order chi connectivity index (χ0) is 17.1. The average Bonchev–Trinajstić information content (AvgIpc) is 2.58. The molecule has 0 aliphatic carbocycles. The topological polar surface area (TPSA) is 68.7 Å². The molecule has 0 saturated carbocycles. The van der Waals surface area contributed by atoms with Gasteiger partial charge in [-0.3, -0.25) is 9.69 Å². The predicted molar refractivity (Wildman–Crippen MR) is 91.0 cm³/mol. The molecule has 0 radical (unpaired) electrons. The van der Waals surface area contributed by atoms with E-state index >= 15 is 0 Å². The van der Waals surface area contributed by atoms with E-state index < -0.39 is 0 Å². The Morgan fingerprint density at radius 2 is 2.04 bits per heavy atom. The van der Waals surface area contributed by atoms with Crippen LogP contribution in [0.15, 0.2) is 41.0 Å². The van der Waals surface area contributed by atoms with Crippen LogP contribution in [0, 0.1) is 0 Å². The molecule has 1 aromatic heterocycles. The van der Waals surface area contributed by atoms with Crippen molar-refractivity contribution in [1.82, 2.24) is 4.98 Å². The van der Waals surface area contributed by atoms with Gasteiger partial charge in [0.2, 0.25) is 0 Å². The molecule has 2 aromatic rings. The molecule has 2 heterocycles. The van der Waals surface area contributed by atoms with Gasteiger partial charge >= 0.3 is 5.97 Å². The Kier molecular flexibility index (Phi) is 4.80. The number of hydrogen-bond acceptors (Lipinski definition) is 5. The van der Waals surface area contributed by atoms with E-state index in [1.165, 1.54) is 0 Å². The highest BCUT2D eigenvalue weighted by Gasteiger charge is 2.27. The fourth-order valence-corrected chi connectivity index (χ4v) is 2.66. The lowest BCUT2D eigenvalue weighted by Gasteiger charge is -2.28. The molecule has 0 spiro atoms. The minimum Gasteiger partial charge on any atom is -0.480 e. The third-order valence-electron chi connectivity index (χ3n) is 3.52. The molecule has 7 heteroatoms. The van der Waals surface area contributed by atoms with Crippen molar-refractivity contribution >= 4 is 33.6 Å². The van der Waals surface area contributed by atoms with Gasteiger partial charge in [-0.15, -0.1) is 0 Å². The first-order chi connectivity index (χ1) is 11.6. The maximum atomic E-state index is 12.2. The van der Waals surface area contributed by atoms with Gasteiger partial charge in [0.25, 0.3) is 5.91 Å². The van der Waals surface area contributed by atoms with Gasteiger partial charge in [-0.05, 0) is 52.7 Å². The molecule has 24 heavy (non-hydrogen) atoms. The van der Waals surface area contributed by atoms with Crippen molar-refractivity contribution in [3.63, 3.8) is 0 Å². The van der Waals surface area contributed by atoms with E-state index in [2.05, 4.69) is 20.9 Å². The molecular formula is C17H15BrN2O4. The monoisotopic (exact) mass is 390 g/mol. The first kappa shape index (κ1) is 16.4. The van der Waals surface area contributed by atoms with Crippen molar-refractivity contribution in [2.24, 2.45) is 0 Å². The van der Waals surface area contributed by atoms with Crippen molar-refractivity contribution < 1.29 is 19.1 Å². The highest BCUT2D eigenvalue weighted by molar-refractivity contribution is 9.10. The number of aromatic nitrogens is 1. The van der Waals surface area contributed by atoms with Gasteiger partial charge < -0.3 is 9.47 Å². The molecule has 3 rings (SSSR count). The van der Waals surface area contributed by atoms with Crippen molar-refractivity contribution in [1.29, 1.82) is 0 Å². The van der Waals surface area contributed by atoms with E-state index in [4.69, 9.17) is 9.47 Å². The fourth-order valence-electron chi connectivity index (χ4n) is 2.36. The van der Waals surface area contributed by atoms with Crippen LogP contribution in [-0.4, -0.2) is 30.1 Å². The SMILES string of the molecule is CCOC(=O)c1ccc(CN2C(=O)COc3ccc(Br)nc32)cc1. The molecule has 1 aliphatic rings. The van der Waals surface area contributed by atoms with Gasteiger partial charge in [-0.25, -0.2) is 9.78 Å². The second-order valence-electron chi connectivity index (χ2n) is 5.14. The van der Waals surface area contributed by atoms with E-state index in [9.17, 15) is 9.59 Å². The smallest absolute Gasteiger partial charge is 0.338 e. The number of esters is 1. The lowest BCUT2D eigenvalue weighted by atomic mass is 10.1. The maximum absolute atomic E-state index is 12.2. The van der Waals surface area contributed by atoms with Crippen LogP contribution in [0.25, 0.3) is 0 Å². The Morgan fingerprint density at radius 3 is 2.75 bits per heavy atom. The molecule has 0 bridgehead atoms. The van der Waals surface area contributed by atoms with Gasteiger partial charge in [0.05, 0.1) is 18.7 Å². The largest absolute Gasteiger partial charge is 0.480 e. The number of benzene rings is 1. The third-order valence-corrected chi connectivity index (χ3v) is 3.96. The highest BCUT2D eigenvalue weighted by atomic mass is 79.9. The molecular weight excluding hydrogens is 376 g/mol. The van der Waals surface area contributed by atoms with Gasteiger partial charge in [-0.2, -0.15) is 0 Å². The Hall–Kier alpha value is -2.41. The van der Waals surface area contributed by atoms with Crippen LogP contribution in [0.2, 0.25) is 0 Å². The standard InChI is InChI=1S/C17H15BrN2O4/c1-2-23-17(22)12-5-3-11(4-6-12)9-20-15(21)10-24-13-7-8-14(18)19-16(13)20/h3-8H,2,9-10H2,1H3. The van der Waals surface area contributed by atoms with Crippen LogP contribution in [0.3, 0.4) is 0 Å². The van der Waals surface area contributed by atoms with Crippen LogP contribution in [-0.2, 0) is 16.1 Å². The second-order valence-corrected chi connectivity index (χ2v) is 5.95. The highest BCUT2D eigenvalue weighted by Crippen LogP contribution is 2.32. The van der Waals surface area contributed by atoms with Crippen molar-refractivity contribution in [3.8, 4) is 5.75 Å². The summed E-state index contributed by atoms with van der Waals surface area (Å²) in [6, 6.07) is 10.5. The summed E-state index contributed by atoms with van der Waals surface area (Å²) in [6.07, 6.45) is 0. The number of ether oxygens (including phenoxy) is 2. The summed E-state index contributed by atoms with van der Waals surface area (Å²) < 4.78 is 11.0. The summed E-state index contributed by atoms with van der Waals surface area (Å²) in [7, 11) is 0. The summed E-state index contributed by atoms with van der Waals surface area (Å²) >= 11 is 3.31. The number of hydrogen-bond donors (Lipinski definition) is 0. The minimum atomic E-state index is -0.359. The van der Waals surface area contributed by atoms with Crippen molar-refractivity contribution in [2.75, 3.05) is 18.1 Å². The molecule has 1 amide bonds. The molecule has 6 nitrogen and oxygen atoms in total. The number of rotatable bonds is 4. The number of halogens is 1. The Bertz CT molecular complexity index is 777. The number of fused-ring (bicyclic) bond motifs is 1. The summed E-state index contributed by atoms with van der Waals surface area (Å²) in [5, 5.41) is 0. The minimum absolute atomic E-state index is 0.0166. The number of pyridine rings is 1. The Balaban J connectivity index is 1.82. The molecule has 1 aliphatic heterocycles. The average molecular weight is 391 g/mol. The zero-order valence-electron chi connectivity index (χ0n) is 13.0. The Labute approximate surface area is 147 Å². The van der Waals surface area contributed by atoms with Crippen LogP contribution in [0.5, 0.6) is 5.75 Å². The van der Waals surface area contributed by atoms with Gasteiger partial charge in [0.1, 0.15) is 4.60 Å². The van der Waals surface area contributed by atoms with Crippen molar-refractivity contribution in [2.45, 2.75) is 13.5 Å². The summed E-state index contributed by atoms with van der Waals surface area (Å²) in [6.45, 7) is 2.43. The lowest BCUT2D eigenvalue weighted by Crippen LogP contribution is -2.38. The van der Waals surface area contributed by atoms with Gasteiger partial charge in [-0.1, -0.05) is 12.1 Å². The lowest BCUT2D eigenvalue weighted by molar-refractivity contribution is -0.121. The first-order valence-electron chi connectivity index (χ1n) is 7.44. The number of amides is 1. The van der Waals surface area contributed by atoms with E-state index in [-0.39, 0.29) is 18.5 Å². The number of carbonyl (C=O) groups excluding carboxylic acids is 2. The first-order valence-corrected chi connectivity index (χ1v) is 8.23.